The second-order valence-corrected chi connectivity index (χ2v) is 6.42. The molecule has 1 aromatic carbocycles. The lowest BCUT2D eigenvalue weighted by Gasteiger charge is -2.13. The van der Waals surface area contributed by atoms with Crippen molar-refractivity contribution < 1.29 is 14.7 Å². The van der Waals surface area contributed by atoms with Gasteiger partial charge >= 0.3 is 5.97 Å². The van der Waals surface area contributed by atoms with Crippen LogP contribution in [0.15, 0.2) is 29.6 Å². The summed E-state index contributed by atoms with van der Waals surface area (Å²) in [4.78, 5) is 29.2. The first-order valence-electron chi connectivity index (χ1n) is 6.78. The summed E-state index contributed by atoms with van der Waals surface area (Å²) in [6.07, 6.45) is 0.492. The van der Waals surface area contributed by atoms with Crippen LogP contribution in [0.4, 0.5) is 0 Å². The zero-order chi connectivity index (χ0) is 15.7. The van der Waals surface area contributed by atoms with Crippen LogP contribution >= 0.6 is 22.9 Å². The monoisotopic (exact) mass is 336 g/mol. The predicted octanol–water partition coefficient (Wildman–Crippen LogP) is 3.01. The van der Waals surface area contributed by atoms with Gasteiger partial charge in [0.25, 0.3) is 5.91 Å². The van der Waals surface area contributed by atoms with E-state index in [1.807, 2.05) is 12.1 Å². The number of halogens is 1. The number of likely N-dealkylation sites (tertiary alicyclic amines) is 1. The van der Waals surface area contributed by atoms with Crippen molar-refractivity contribution in [2.45, 2.75) is 6.42 Å². The summed E-state index contributed by atoms with van der Waals surface area (Å²) in [5, 5.41) is 12.0. The lowest BCUT2D eigenvalue weighted by Crippen LogP contribution is -2.30. The number of carboxylic acid groups (broad SMARTS) is 1. The maximum Gasteiger partial charge on any atom is 0.308 e. The Hall–Kier alpha value is -1.92. The van der Waals surface area contributed by atoms with Crippen molar-refractivity contribution in [2.24, 2.45) is 5.92 Å². The quantitative estimate of drug-likeness (QED) is 0.935. The van der Waals surface area contributed by atoms with Gasteiger partial charge in [-0.15, -0.1) is 11.3 Å². The topological polar surface area (TPSA) is 70.5 Å². The van der Waals surface area contributed by atoms with E-state index in [2.05, 4.69) is 4.98 Å². The number of hydrogen-bond donors (Lipinski definition) is 1. The molecule has 1 saturated heterocycles. The van der Waals surface area contributed by atoms with E-state index >= 15 is 0 Å². The summed E-state index contributed by atoms with van der Waals surface area (Å²) >= 11 is 7.33. The van der Waals surface area contributed by atoms with Gasteiger partial charge in [-0.1, -0.05) is 23.7 Å². The van der Waals surface area contributed by atoms with E-state index in [4.69, 9.17) is 16.7 Å². The number of nitrogens with zero attached hydrogens (tertiary/aromatic N) is 2. The number of benzene rings is 1. The molecule has 5 nitrogen and oxygen atoms in total. The number of carbonyl (C=O) groups excluding carboxylic acids is 1. The molecule has 2 heterocycles. The minimum atomic E-state index is -0.854. The van der Waals surface area contributed by atoms with Gasteiger partial charge in [0.1, 0.15) is 10.7 Å². The van der Waals surface area contributed by atoms with E-state index in [0.717, 1.165) is 10.6 Å². The van der Waals surface area contributed by atoms with Gasteiger partial charge in [-0.05, 0) is 18.6 Å². The average Bonchev–Trinajstić information content (AvgIpc) is 3.16. The van der Waals surface area contributed by atoms with Gasteiger partial charge in [0.05, 0.1) is 5.92 Å². The molecule has 22 heavy (non-hydrogen) atoms. The summed E-state index contributed by atoms with van der Waals surface area (Å²) < 4.78 is 0. The summed E-state index contributed by atoms with van der Waals surface area (Å²) in [5.74, 6) is -1.54. The van der Waals surface area contributed by atoms with Gasteiger partial charge in [-0.3, -0.25) is 9.59 Å². The summed E-state index contributed by atoms with van der Waals surface area (Å²) in [6, 6.07) is 7.29. The Morgan fingerprint density at radius 3 is 2.91 bits per heavy atom. The minimum Gasteiger partial charge on any atom is -0.481 e. The molecule has 1 atom stereocenters. The van der Waals surface area contributed by atoms with Crippen molar-refractivity contribution in [2.75, 3.05) is 13.1 Å². The number of carboxylic acids is 1. The van der Waals surface area contributed by atoms with Crippen LogP contribution in [0.1, 0.15) is 16.9 Å². The van der Waals surface area contributed by atoms with Gasteiger partial charge < -0.3 is 10.0 Å². The van der Waals surface area contributed by atoms with E-state index < -0.39 is 11.9 Å². The number of aromatic nitrogens is 1. The first-order valence-corrected chi connectivity index (χ1v) is 8.04. The Kier molecular flexibility index (Phi) is 4.13. The molecule has 0 unspecified atom stereocenters. The molecule has 0 aliphatic carbocycles. The number of aliphatic carboxylic acids is 1. The standard InChI is InChI=1S/C15H13ClN2O3S/c16-11-3-1-2-9(6-11)13-17-12(8-22-13)14(19)18-5-4-10(7-18)15(20)21/h1-3,6,8,10H,4-5,7H2,(H,20,21)/t10-/m1/s1. The Morgan fingerprint density at radius 1 is 1.41 bits per heavy atom. The minimum absolute atomic E-state index is 0.215. The van der Waals surface area contributed by atoms with Gasteiger partial charge in [0, 0.05) is 29.1 Å². The van der Waals surface area contributed by atoms with Crippen LogP contribution in [-0.4, -0.2) is 40.0 Å². The average molecular weight is 337 g/mol. The second-order valence-electron chi connectivity index (χ2n) is 5.12. The zero-order valence-corrected chi connectivity index (χ0v) is 13.1. The molecule has 1 aromatic heterocycles. The third kappa shape index (κ3) is 2.98. The highest BCUT2D eigenvalue weighted by Gasteiger charge is 2.32. The lowest BCUT2D eigenvalue weighted by molar-refractivity contribution is -0.141. The van der Waals surface area contributed by atoms with Crippen LogP contribution in [0.3, 0.4) is 0 Å². The Labute approximate surface area is 136 Å². The number of thiazole rings is 1. The van der Waals surface area contributed by atoms with E-state index in [1.54, 1.807) is 22.4 Å². The van der Waals surface area contributed by atoms with Crippen molar-refractivity contribution in [1.82, 2.24) is 9.88 Å². The van der Waals surface area contributed by atoms with Gasteiger partial charge in [-0.2, -0.15) is 0 Å². The van der Waals surface area contributed by atoms with Crippen LogP contribution in [0, 0.1) is 5.92 Å². The summed E-state index contributed by atoms with van der Waals surface area (Å²) in [5.41, 5.74) is 1.22. The Morgan fingerprint density at radius 2 is 2.23 bits per heavy atom. The van der Waals surface area contributed by atoms with E-state index in [0.29, 0.717) is 23.7 Å². The Balaban J connectivity index is 1.77. The van der Waals surface area contributed by atoms with Crippen LogP contribution in [0.5, 0.6) is 0 Å². The van der Waals surface area contributed by atoms with E-state index in [9.17, 15) is 9.59 Å². The fraction of sp³-hybridized carbons (Fsp3) is 0.267. The van der Waals surface area contributed by atoms with E-state index in [-0.39, 0.29) is 12.5 Å². The van der Waals surface area contributed by atoms with Crippen LogP contribution in [0.25, 0.3) is 10.6 Å². The molecule has 1 fully saturated rings. The third-order valence-corrected chi connectivity index (χ3v) is 4.75. The van der Waals surface area contributed by atoms with Crippen molar-refractivity contribution in [3.8, 4) is 10.6 Å². The molecule has 3 rings (SSSR count). The second kappa shape index (κ2) is 6.06. The number of amides is 1. The fourth-order valence-electron chi connectivity index (χ4n) is 2.43. The lowest BCUT2D eigenvalue weighted by atomic mass is 10.1. The van der Waals surface area contributed by atoms with Gasteiger partial charge in [0.2, 0.25) is 0 Å². The van der Waals surface area contributed by atoms with Crippen molar-refractivity contribution >= 4 is 34.8 Å². The Bertz CT molecular complexity index is 731. The molecule has 0 bridgehead atoms. The van der Waals surface area contributed by atoms with Gasteiger partial charge in [-0.25, -0.2) is 4.98 Å². The highest BCUT2D eigenvalue weighted by atomic mass is 35.5. The molecule has 7 heteroatoms. The van der Waals surface area contributed by atoms with Crippen molar-refractivity contribution in [1.29, 1.82) is 0 Å². The molecule has 1 aliphatic heterocycles. The first-order chi connectivity index (χ1) is 10.5. The zero-order valence-electron chi connectivity index (χ0n) is 11.5. The van der Waals surface area contributed by atoms with Crippen molar-refractivity contribution in [3.63, 3.8) is 0 Å². The summed E-state index contributed by atoms with van der Waals surface area (Å²) in [7, 11) is 0. The maximum absolute atomic E-state index is 12.4. The number of hydrogen-bond acceptors (Lipinski definition) is 4. The smallest absolute Gasteiger partial charge is 0.308 e. The number of carbonyl (C=O) groups is 2. The van der Waals surface area contributed by atoms with Crippen LogP contribution in [0.2, 0.25) is 5.02 Å². The summed E-state index contributed by atoms with van der Waals surface area (Å²) in [6.45, 7) is 0.706. The SMILES string of the molecule is O=C(O)[C@@H]1CCN(C(=O)c2csc(-c3cccc(Cl)c3)n2)C1. The molecule has 1 amide bonds. The molecule has 2 aromatic rings. The first kappa shape index (κ1) is 15.0. The fourth-order valence-corrected chi connectivity index (χ4v) is 3.42. The molecular weight excluding hydrogens is 324 g/mol. The molecule has 0 saturated carbocycles. The molecule has 0 radical (unpaired) electrons. The number of rotatable bonds is 3. The van der Waals surface area contributed by atoms with Crippen LogP contribution < -0.4 is 0 Å². The largest absolute Gasteiger partial charge is 0.481 e. The molecule has 1 aliphatic rings. The van der Waals surface area contributed by atoms with Crippen LogP contribution in [-0.2, 0) is 4.79 Å². The maximum atomic E-state index is 12.4. The normalized spacial score (nSPS) is 17.7. The molecule has 1 N–H and O–H groups in total. The predicted molar refractivity (Wildman–Crippen MR) is 84.2 cm³/mol. The van der Waals surface area contributed by atoms with Gasteiger partial charge in [0.15, 0.2) is 0 Å². The van der Waals surface area contributed by atoms with E-state index in [1.165, 1.54) is 11.3 Å². The third-order valence-electron chi connectivity index (χ3n) is 3.62. The molecular formula is C15H13ClN2O3S. The highest BCUT2D eigenvalue weighted by molar-refractivity contribution is 7.13. The molecule has 0 spiro atoms. The highest BCUT2D eigenvalue weighted by Crippen LogP contribution is 2.27. The van der Waals surface area contributed by atoms with Crippen molar-refractivity contribution in [3.05, 3.63) is 40.4 Å². The molecule has 114 valence electrons.